The van der Waals surface area contributed by atoms with Crippen molar-refractivity contribution >= 4 is 39.4 Å². The van der Waals surface area contributed by atoms with Crippen LogP contribution in [0.1, 0.15) is 10.4 Å². The average Bonchev–Trinajstić information content (AvgIpc) is 2.90. The first kappa shape index (κ1) is 22.9. The Bertz CT molecular complexity index is 1590. The van der Waals surface area contributed by atoms with Crippen LogP contribution in [0.2, 0.25) is 0 Å². The summed E-state index contributed by atoms with van der Waals surface area (Å²) in [4.78, 5) is 25.6. The molecule has 9 heteroatoms. The number of hydrogen-bond donors (Lipinski definition) is 2. The van der Waals surface area contributed by atoms with Crippen molar-refractivity contribution in [3.63, 3.8) is 0 Å². The van der Waals surface area contributed by atoms with Crippen LogP contribution in [0.15, 0.2) is 66.9 Å². The van der Waals surface area contributed by atoms with Gasteiger partial charge in [0.1, 0.15) is 0 Å². The van der Waals surface area contributed by atoms with Crippen LogP contribution in [0.3, 0.4) is 0 Å². The summed E-state index contributed by atoms with van der Waals surface area (Å²) < 4.78 is 16.2. The minimum Gasteiger partial charge on any atom is -0.493 e. The molecule has 0 aliphatic rings. The fraction of sp³-hybridized carbons (Fsp3) is 0.111. The van der Waals surface area contributed by atoms with E-state index in [9.17, 15) is 9.90 Å². The van der Waals surface area contributed by atoms with Crippen LogP contribution in [0.4, 0.5) is 11.6 Å². The number of benzene rings is 3. The van der Waals surface area contributed by atoms with Crippen LogP contribution in [0.5, 0.6) is 17.2 Å². The van der Waals surface area contributed by atoms with Gasteiger partial charge in [0.2, 0.25) is 11.7 Å². The summed E-state index contributed by atoms with van der Waals surface area (Å²) in [6.45, 7) is 0. The topological polar surface area (TPSA) is 116 Å². The first-order valence-electron chi connectivity index (χ1n) is 11.0. The lowest BCUT2D eigenvalue weighted by atomic mass is 10.00. The third kappa shape index (κ3) is 4.18. The second kappa shape index (κ2) is 9.38. The van der Waals surface area contributed by atoms with E-state index in [1.165, 1.54) is 21.3 Å². The molecule has 0 saturated heterocycles. The van der Waals surface area contributed by atoms with E-state index < -0.39 is 5.97 Å². The molecule has 2 aromatic heterocycles. The highest BCUT2D eigenvalue weighted by atomic mass is 16.5. The van der Waals surface area contributed by atoms with E-state index in [1.54, 1.807) is 36.5 Å². The number of carboxylic acid groups (broad SMARTS) is 1. The minimum atomic E-state index is -1.04. The Kier molecular flexibility index (Phi) is 5.95. The van der Waals surface area contributed by atoms with Crippen LogP contribution in [0, 0.1) is 0 Å². The van der Waals surface area contributed by atoms with E-state index in [2.05, 4.69) is 20.3 Å². The van der Waals surface area contributed by atoms with Crippen molar-refractivity contribution in [1.29, 1.82) is 0 Å². The molecule has 5 aromatic rings. The monoisotopic (exact) mass is 482 g/mol. The van der Waals surface area contributed by atoms with Crippen molar-refractivity contribution < 1.29 is 24.1 Å². The van der Waals surface area contributed by atoms with Gasteiger partial charge in [-0.05, 0) is 30.3 Å². The van der Waals surface area contributed by atoms with Crippen LogP contribution >= 0.6 is 0 Å². The first-order valence-corrected chi connectivity index (χ1v) is 11.0. The van der Waals surface area contributed by atoms with Gasteiger partial charge in [-0.1, -0.05) is 18.2 Å². The van der Waals surface area contributed by atoms with E-state index in [4.69, 9.17) is 14.2 Å². The van der Waals surface area contributed by atoms with Crippen LogP contribution in [-0.4, -0.2) is 47.4 Å². The number of carboxylic acids is 1. The SMILES string of the molecule is COc1cc(Nc2nccc(-c3cc(C(=O)O)cc4nc5ccccc5cc34)n2)cc(OC)c1OC. The largest absolute Gasteiger partial charge is 0.493 e. The van der Waals surface area contributed by atoms with Gasteiger partial charge in [0, 0.05) is 40.4 Å². The quantitative estimate of drug-likeness (QED) is 0.298. The van der Waals surface area contributed by atoms with Crippen LogP contribution < -0.4 is 19.5 Å². The number of hydrogen-bond acceptors (Lipinski definition) is 8. The average molecular weight is 482 g/mol. The highest BCUT2D eigenvalue weighted by Crippen LogP contribution is 2.40. The molecule has 180 valence electrons. The normalized spacial score (nSPS) is 10.9. The predicted molar refractivity (Wildman–Crippen MR) is 137 cm³/mol. The second-order valence-electron chi connectivity index (χ2n) is 7.88. The van der Waals surface area contributed by atoms with E-state index in [0.717, 1.165) is 16.3 Å². The molecule has 0 radical (unpaired) electrons. The fourth-order valence-corrected chi connectivity index (χ4v) is 4.07. The maximum absolute atomic E-state index is 11.9. The molecular formula is C27H22N4O5. The standard InChI is InChI=1S/C27H22N4O5/c1-34-23-13-17(14-24(35-2)25(23)36-3)29-27-28-9-8-21(31-27)18-11-16(26(32)33)12-22-19(18)10-15-6-4-5-7-20(15)30-22/h4-14H,1-3H3,(H,32,33)(H,28,29,31). The molecule has 0 unspecified atom stereocenters. The van der Waals surface area contributed by atoms with Gasteiger partial charge in [-0.2, -0.15) is 0 Å². The number of rotatable bonds is 7. The van der Waals surface area contributed by atoms with Gasteiger partial charge in [0.15, 0.2) is 11.5 Å². The smallest absolute Gasteiger partial charge is 0.335 e. The summed E-state index contributed by atoms with van der Waals surface area (Å²) in [5, 5.41) is 14.6. The van der Waals surface area contributed by atoms with Gasteiger partial charge in [-0.25, -0.2) is 19.7 Å². The number of ether oxygens (including phenoxy) is 3. The Morgan fingerprint density at radius 2 is 1.61 bits per heavy atom. The number of para-hydroxylation sites is 1. The lowest BCUT2D eigenvalue weighted by molar-refractivity contribution is 0.0697. The highest BCUT2D eigenvalue weighted by molar-refractivity contribution is 6.04. The van der Waals surface area contributed by atoms with Gasteiger partial charge < -0.3 is 24.6 Å². The number of anilines is 2. The summed E-state index contributed by atoms with van der Waals surface area (Å²) in [6, 6.07) is 18.1. The zero-order valence-electron chi connectivity index (χ0n) is 19.8. The highest BCUT2D eigenvalue weighted by Gasteiger charge is 2.16. The molecule has 0 saturated carbocycles. The maximum atomic E-state index is 11.9. The molecule has 0 amide bonds. The van der Waals surface area contributed by atoms with E-state index in [0.29, 0.717) is 45.7 Å². The number of methoxy groups -OCH3 is 3. The Morgan fingerprint density at radius 1 is 0.861 bits per heavy atom. The molecule has 0 spiro atoms. The van der Waals surface area contributed by atoms with E-state index >= 15 is 0 Å². The fourth-order valence-electron chi connectivity index (χ4n) is 4.07. The third-order valence-corrected chi connectivity index (χ3v) is 5.74. The summed E-state index contributed by atoms with van der Waals surface area (Å²) >= 11 is 0. The number of nitrogens with zero attached hydrogens (tertiary/aromatic N) is 3. The Hall–Kier alpha value is -4.92. The summed E-state index contributed by atoms with van der Waals surface area (Å²) in [5.74, 6) is 0.696. The molecule has 9 nitrogen and oxygen atoms in total. The number of carbonyl (C=O) groups is 1. The Labute approximate surface area is 206 Å². The van der Waals surface area contributed by atoms with Crippen molar-refractivity contribution in [2.24, 2.45) is 0 Å². The number of aromatic nitrogens is 3. The number of aromatic carboxylic acids is 1. The molecule has 0 aliphatic heterocycles. The van der Waals surface area contributed by atoms with Gasteiger partial charge in [-0.3, -0.25) is 0 Å². The first-order chi connectivity index (χ1) is 17.5. The number of fused-ring (bicyclic) bond motifs is 2. The molecule has 2 heterocycles. The number of nitrogens with one attached hydrogen (secondary N) is 1. The van der Waals surface area contributed by atoms with Gasteiger partial charge in [0.25, 0.3) is 0 Å². The zero-order valence-corrected chi connectivity index (χ0v) is 19.8. The summed E-state index contributed by atoms with van der Waals surface area (Å²) in [7, 11) is 4.61. The van der Waals surface area contributed by atoms with E-state index in [1.807, 2.05) is 30.3 Å². The molecule has 0 bridgehead atoms. The Morgan fingerprint density at radius 3 is 2.31 bits per heavy atom. The van der Waals surface area contributed by atoms with Crippen molar-refractivity contribution in [2.45, 2.75) is 0 Å². The molecule has 0 aliphatic carbocycles. The van der Waals surface area contributed by atoms with Crippen molar-refractivity contribution in [1.82, 2.24) is 15.0 Å². The summed E-state index contributed by atoms with van der Waals surface area (Å²) in [5.41, 5.74) is 3.28. The maximum Gasteiger partial charge on any atom is 0.335 e. The molecule has 36 heavy (non-hydrogen) atoms. The van der Waals surface area contributed by atoms with Crippen molar-refractivity contribution in [2.75, 3.05) is 26.6 Å². The van der Waals surface area contributed by atoms with E-state index in [-0.39, 0.29) is 5.56 Å². The second-order valence-corrected chi connectivity index (χ2v) is 7.88. The lowest BCUT2D eigenvalue weighted by Crippen LogP contribution is -2.02. The molecule has 2 N–H and O–H groups in total. The van der Waals surface area contributed by atoms with Gasteiger partial charge in [0.05, 0.1) is 43.6 Å². The van der Waals surface area contributed by atoms with Crippen molar-refractivity contribution in [3.8, 4) is 28.5 Å². The lowest BCUT2D eigenvalue weighted by Gasteiger charge is -2.15. The van der Waals surface area contributed by atoms with Crippen molar-refractivity contribution in [3.05, 3.63) is 72.4 Å². The van der Waals surface area contributed by atoms with Crippen LogP contribution in [-0.2, 0) is 0 Å². The molecule has 0 atom stereocenters. The van der Waals surface area contributed by atoms with Gasteiger partial charge >= 0.3 is 5.97 Å². The molecular weight excluding hydrogens is 460 g/mol. The minimum absolute atomic E-state index is 0.123. The molecule has 5 rings (SSSR count). The van der Waals surface area contributed by atoms with Crippen LogP contribution in [0.25, 0.3) is 33.1 Å². The summed E-state index contributed by atoms with van der Waals surface area (Å²) in [6.07, 6.45) is 1.61. The molecule has 3 aromatic carbocycles. The third-order valence-electron chi connectivity index (χ3n) is 5.74. The predicted octanol–water partition coefficient (Wildman–Crippen LogP) is 5.31. The Balaban J connectivity index is 1.62. The number of pyridine rings is 1. The molecule has 0 fully saturated rings. The van der Waals surface area contributed by atoms with Gasteiger partial charge in [-0.15, -0.1) is 0 Å². The zero-order chi connectivity index (χ0) is 25.2.